The number of hydrogen-bond acceptors (Lipinski definition) is 21. The van der Waals surface area contributed by atoms with Crippen molar-refractivity contribution in [3.05, 3.63) is 462 Å². The van der Waals surface area contributed by atoms with E-state index in [1.807, 2.05) is 193 Å². The summed E-state index contributed by atoms with van der Waals surface area (Å²) in [7, 11) is 9.55. The van der Waals surface area contributed by atoms with Gasteiger partial charge in [-0.1, -0.05) is 309 Å². The van der Waals surface area contributed by atoms with Crippen LogP contribution in [0.1, 0.15) is 126 Å². The molecule has 36 heteroatoms. The van der Waals surface area contributed by atoms with E-state index in [4.69, 9.17) is 61.5 Å². The molecule has 7 heterocycles. The highest BCUT2D eigenvalue weighted by Crippen LogP contribution is 2.57. The van der Waals surface area contributed by atoms with Crippen LogP contribution in [-0.2, 0) is 58.1 Å². The lowest BCUT2D eigenvalue weighted by Gasteiger charge is -2.40. The summed E-state index contributed by atoms with van der Waals surface area (Å²) in [6.45, 7) is -9.47. The van der Waals surface area contributed by atoms with Gasteiger partial charge in [0.05, 0.1) is 67.4 Å². The van der Waals surface area contributed by atoms with Crippen molar-refractivity contribution in [2.75, 3.05) is 72.7 Å². The summed E-state index contributed by atoms with van der Waals surface area (Å²) < 4.78 is 85.0. The first-order chi connectivity index (χ1) is 68.5. The molecule has 11 aromatic carbocycles. The van der Waals surface area contributed by atoms with Crippen LogP contribution < -0.4 is 48.8 Å². The summed E-state index contributed by atoms with van der Waals surface area (Å²) in [4.78, 5) is 79.7. The zero-order valence-electron chi connectivity index (χ0n) is 78.9. The van der Waals surface area contributed by atoms with E-state index < -0.39 is 109 Å². The molecule has 734 valence electrons. The number of aromatic amines is 1. The van der Waals surface area contributed by atoms with Crippen molar-refractivity contribution in [2.45, 2.75) is 104 Å². The summed E-state index contributed by atoms with van der Waals surface area (Å²) in [6, 6.07) is 110. The minimum absolute atomic E-state index is 0.0386. The Balaban J connectivity index is 0.000000154. The molecule has 3 saturated heterocycles. The number of aryl methyl sites for hydroxylation is 1. The van der Waals surface area contributed by atoms with Crippen LogP contribution in [-0.4, -0.2) is 159 Å². The topological polar surface area (TPSA) is 343 Å². The number of carbonyl (C=O) groups is 2. The monoisotopic (exact) mass is 2030 g/mol. The fourth-order valence-electron chi connectivity index (χ4n) is 18.1. The number of nitrogens with one attached hydrogen (secondary N) is 7. The van der Waals surface area contributed by atoms with Crippen LogP contribution in [0.15, 0.2) is 378 Å². The van der Waals surface area contributed by atoms with E-state index in [1.165, 1.54) is 29.3 Å². The maximum absolute atomic E-state index is 13.4. The Bertz CT molecular complexity index is 6670. The van der Waals surface area contributed by atoms with E-state index in [2.05, 4.69) is 161 Å². The largest absolute Gasteiger partial charge is 0.362 e. The number of imidazole rings is 1. The Morgan fingerprint density at radius 2 is 0.718 bits per heavy atom. The lowest BCUT2D eigenvalue weighted by Crippen LogP contribution is -2.53. The Hall–Kier alpha value is -12.3. The number of halogens is 3. The first-order valence-corrected chi connectivity index (χ1v) is 53.6. The third-order valence-corrected chi connectivity index (χ3v) is 33.3. The molecule has 7 N–H and O–H groups in total. The van der Waals surface area contributed by atoms with Crippen molar-refractivity contribution < 1.29 is 51.1 Å². The standard InChI is InChI=1S/C38H39ClN7O4P.C37H37ClN5O5P.C31H34ClN4O5P/c1-45(2)51(39,48)49-24-32-31(44-38(28-17-9-4-10-18-28,29-19-11-5-12-20-29)30-21-13-6-14-22-30)23-33(50-32)46-26-42-34-35(40-25-41-36(34)46)43-37(47)27-15-7-3-8-16-27;1-42(2)49(38,46)47-26-32-31(25-34(48-32)43-24-23-33(40-36(43)45)39-35(44)27-15-7-3-8-16-27)41-37(28-17-9-4-10-18-28,29-19-11-5-12-20-29)30-21-13-6-14-22-30;1-22-20-36(30(38)33-29(22)37)28-19-26(27(41-28)21-40-42(32,39)35(2)3)34-31(23-13-7-4-8-14-23,24-15-9-5-10-16-24)25-17-11-6-12-18-25/h3-22,25-26,31-33,35,44H,23-24H2,1-2H3,(H,40,41)(H,43,47);3-24,31-32,34,41H,25-26H2,1-2H3,(H,39,40,44,45);4-18,20,26-28,34H,19,21H2,1-3H3,(H,33,37,38). The van der Waals surface area contributed by atoms with Gasteiger partial charge in [-0.25, -0.2) is 33.6 Å². The molecular weight excluding hydrogens is 1920 g/mol. The number of aromatic nitrogens is 6. The molecule has 0 radical (unpaired) electrons. The zero-order valence-corrected chi connectivity index (χ0v) is 83.8. The SMILES string of the molecule is CN(C)P(=O)(Cl)OCC1OC(n2ccc(NC(=O)c3ccccc3)nc2=O)CC1NC(c1ccccc1)(c1ccccc1)c1ccccc1.CN(C)P(=O)(Cl)OCC1OC(n2cnc3c2NC=NC3NC(=O)c2ccccc2)CC1NC(c1ccccc1)(c1ccccc1)c1ccccc1.Cc1cn(C2CC(NC(c3ccccc3)(c3ccccc3)c3ccccc3)C(COP(=O)(Cl)N(C)C)O2)c(=O)[nH]c1=O. The van der Waals surface area contributed by atoms with Gasteiger partial charge in [0.15, 0.2) is 6.17 Å². The molecule has 13 atom stereocenters. The Morgan fingerprint density at radius 3 is 1.03 bits per heavy atom. The molecular formula is C106H110Cl3N16O14P3. The summed E-state index contributed by atoms with van der Waals surface area (Å²) in [6.07, 6.45) is 2.80. The van der Waals surface area contributed by atoms with E-state index in [1.54, 1.807) is 111 Å². The van der Waals surface area contributed by atoms with Crippen LogP contribution in [0.25, 0.3) is 0 Å². The van der Waals surface area contributed by atoms with Crippen LogP contribution in [0.4, 0.5) is 11.6 Å². The molecule has 0 spiro atoms. The Morgan fingerprint density at radius 1 is 0.423 bits per heavy atom. The van der Waals surface area contributed by atoms with E-state index in [0.29, 0.717) is 47.5 Å². The Kier molecular flexibility index (Phi) is 33.2. The van der Waals surface area contributed by atoms with Gasteiger partial charge in [-0.3, -0.25) is 62.7 Å². The number of aliphatic imine (C=N–C) groups is 1. The molecule has 4 aliphatic heterocycles. The molecule has 13 unspecified atom stereocenters. The number of ether oxygens (including phenoxy) is 3. The van der Waals surface area contributed by atoms with Gasteiger partial charge in [0, 0.05) is 66.5 Å². The molecule has 3 fully saturated rings. The van der Waals surface area contributed by atoms with Crippen molar-refractivity contribution >= 4 is 84.1 Å². The first kappa shape index (κ1) is 103. The van der Waals surface area contributed by atoms with Crippen LogP contribution in [0, 0.1) is 6.92 Å². The lowest BCUT2D eigenvalue weighted by atomic mass is 9.76. The van der Waals surface area contributed by atoms with E-state index >= 15 is 0 Å². The van der Waals surface area contributed by atoms with Crippen molar-refractivity contribution in [1.82, 2.24) is 63.9 Å². The molecule has 2 amide bonds. The number of carbonyl (C=O) groups excluding carboxylic acids is 2. The number of H-pyrrole nitrogens is 1. The highest BCUT2D eigenvalue weighted by Gasteiger charge is 2.51. The smallest absolute Gasteiger partial charge is 0.351 e. The van der Waals surface area contributed by atoms with Crippen molar-refractivity contribution in [1.29, 1.82) is 0 Å². The molecule has 0 bridgehead atoms. The predicted octanol–water partition coefficient (Wildman–Crippen LogP) is 18.6. The fraction of sp³-hybridized carbons (Fsp3) is 0.245. The quantitative estimate of drug-likeness (QED) is 0.0145. The summed E-state index contributed by atoms with van der Waals surface area (Å²) in [5.41, 5.74) is 6.87. The highest BCUT2D eigenvalue weighted by molar-refractivity contribution is 7.84. The molecule has 3 aromatic heterocycles. The zero-order chi connectivity index (χ0) is 99.8. The lowest BCUT2D eigenvalue weighted by molar-refractivity contribution is -0.0253. The average molecular weight is 2030 g/mol. The van der Waals surface area contributed by atoms with Gasteiger partial charge in [-0.05, 0) is 163 Å². The van der Waals surface area contributed by atoms with Crippen LogP contribution in [0.5, 0.6) is 0 Å². The van der Waals surface area contributed by atoms with Crippen molar-refractivity contribution in [3.63, 3.8) is 0 Å². The summed E-state index contributed by atoms with van der Waals surface area (Å²) in [5.74, 6) is 0.122. The second-order valence-electron chi connectivity index (χ2n) is 35.0. The Labute approximate surface area is 837 Å². The fourth-order valence-corrected chi connectivity index (χ4v) is 20.3. The molecule has 0 aliphatic carbocycles. The van der Waals surface area contributed by atoms with Gasteiger partial charge in [0.1, 0.15) is 36.0 Å². The first-order valence-electron chi connectivity index (χ1n) is 46.2. The minimum atomic E-state index is -3.64. The number of amides is 2. The van der Waals surface area contributed by atoms with Gasteiger partial charge in [0.25, 0.3) is 17.4 Å². The third-order valence-electron chi connectivity index (χ3n) is 25.4. The van der Waals surface area contributed by atoms with E-state index in [9.17, 15) is 37.7 Å². The van der Waals surface area contributed by atoms with E-state index in [0.717, 1.165) is 50.1 Å². The van der Waals surface area contributed by atoms with Gasteiger partial charge >= 0.3 is 32.0 Å². The highest BCUT2D eigenvalue weighted by atomic mass is 35.7. The molecule has 14 aromatic rings. The molecule has 0 saturated carbocycles. The predicted molar refractivity (Wildman–Crippen MR) is 553 cm³/mol. The summed E-state index contributed by atoms with van der Waals surface area (Å²) in [5, 5.41) is 20.7. The maximum atomic E-state index is 13.4. The number of nitrogens with zero attached hydrogens (tertiary/aromatic N) is 9. The normalized spacial score (nSPS) is 20.2. The van der Waals surface area contributed by atoms with Gasteiger partial charge in [0.2, 0.25) is 0 Å². The number of hydrogen-bond donors (Lipinski definition) is 7. The molecule has 18 rings (SSSR count). The number of fused-ring (bicyclic) bond motifs is 1. The average Bonchev–Trinajstić information content (AvgIpc) is 1.30. The van der Waals surface area contributed by atoms with Crippen LogP contribution in [0.2, 0.25) is 0 Å². The molecule has 4 aliphatic rings. The molecule has 142 heavy (non-hydrogen) atoms. The van der Waals surface area contributed by atoms with Gasteiger partial charge in [-0.15, -0.1) is 0 Å². The number of anilines is 2. The third kappa shape index (κ3) is 23.3. The molecule has 30 nitrogen and oxygen atoms in total. The minimum Gasteiger partial charge on any atom is -0.351 e. The summed E-state index contributed by atoms with van der Waals surface area (Å²) >= 11 is 18.9. The van der Waals surface area contributed by atoms with Crippen molar-refractivity contribution in [2.24, 2.45) is 4.99 Å². The van der Waals surface area contributed by atoms with E-state index in [-0.39, 0.29) is 43.5 Å². The van der Waals surface area contributed by atoms with Gasteiger partial charge < -0.3 is 43.7 Å². The van der Waals surface area contributed by atoms with Crippen LogP contribution >= 0.6 is 54.3 Å². The second-order valence-corrected chi connectivity index (χ2v) is 44.8. The number of benzene rings is 11. The van der Waals surface area contributed by atoms with Crippen LogP contribution in [0.3, 0.4) is 0 Å². The maximum Gasteiger partial charge on any atom is 0.362 e. The second kappa shape index (κ2) is 45.9. The van der Waals surface area contributed by atoms with Crippen molar-refractivity contribution in [3.8, 4) is 0 Å². The van der Waals surface area contributed by atoms with Gasteiger partial charge in [-0.2, -0.15) is 4.98 Å². The number of rotatable bonds is 34.